The quantitative estimate of drug-likeness (QED) is 0.635. The number of ether oxygens (including phenoxy) is 1. The summed E-state index contributed by atoms with van der Waals surface area (Å²) in [6.45, 7) is 5.91. The first-order valence-electron chi connectivity index (χ1n) is 8.64. The van der Waals surface area contributed by atoms with E-state index in [0.29, 0.717) is 0 Å². The van der Waals surface area contributed by atoms with Crippen LogP contribution in [0.2, 0.25) is 0 Å². The average Bonchev–Trinajstić information content (AvgIpc) is 3.07. The van der Waals surface area contributed by atoms with E-state index >= 15 is 0 Å². The van der Waals surface area contributed by atoms with E-state index in [-0.39, 0.29) is 12.1 Å². The van der Waals surface area contributed by atoms with Gasteiger partial charge in [0.05, 0.1) is 17.8 Å². The van der Waals surface area contributed by atoms with E-state index in [9.17, 15) is 0 Å². The predicted octanol–water partition coefficient (Wildman–Crippen LogP) is 3.05. The molecular weight excluding hydrogens is 332 g/mol. The largest absolute Gasteiger partial charge is 0.385 e. The highest BCUT2D eigenvalue weighted by atomic mass is 32.1. The fourth-order valence-electron chi connectivity index (χ4n) is 3.55. The summed E-state index contributed by atoms with van der Waals surface area (Å²) in [6.07, 6.45) is 2.78. The highest BCUT2D eigenvalue weighted by molar-refractivity contribution is 7.80. The lowest BCUT2D eigenvalue weighted by Crippen LogP contribution is -2.31. The predicted molar refractivity (Wildman–Crippen MR) is 104 cm³/mol. The molecule has 2 aromatic heterocycles. The lowest BCUT2D eigenvalue weighted by Gasteiger charge is -2.28. The van der Waals surface area contributed by atoms with Gasteiger partial charge >= 0.3 is 0 Å². The van der Waals surface area contributed by atoms with E-state index in [4.69, 9.17) is 17.0 Å². The van der Waals surface area contributed by atoms with Crippen molar-refractivity contribution in [2.75, 3.05) is 20.3 Å². The fourth-order valence-corrected chi connectivity index (χ4v) is 3.88. The number of hydrogen-bond donors (Lipinski definition) is 1. The summed E-state index contributed by atoms with van der Waals surface area (Å²) in [4.78, 5) is 6.87. The Morgan fingerprint density at radius 2 is 2.12 bits per heavy atom. The van der Waals surface area contributed by atoms with Crippen molar-refractivity contribution in [2.24, 2.45) is 7.05 Å². The SMILES string of the molecule is COCCCN1C(=S)N[C@H](c2ccccn2)[C@@H]1c1cc(C)n(C)c1C. The van der Waals surface area contributed by atoms with E-state index < -0.39 is 0 Å². The monoisotopic (exact) mass is 358 g/mol. The molecule has 3 rings (SSSR count). The van der Waals surface area contributed by atoms with Gasteiger partial charge in [0.2, 0.25) is 0 Å². The van der Waals surface area contributed by atoms with E-state index in [0.717, 1.165) is 30.4 Å². The summed E-state index contributed by atoms with van der Waals surface area (Å²) in [7, 11) is 3.85. The highest BCUT2D eigenvalue weighted by Crippen LogP contribution is 2.40. The average molecular weight is 359 g/mol. The first-order valence-corrected chi connectivity index (χ1v) is 9.05. The van der Waals surface area contributed by atoms with Crippen LogP contribution in [0.3, 0.4) is 0 Å². The van der Waals surface area contributed by atoms with Crippen LogP contribution in [0.4, 0.5) is 0 Å². The molecule has 1 aliphatic rings. The molecule has 1 aliphatic heterocycles. The van der Waals surface area contributed by atoms with Crippen LogP contribution in [0.5, 0.6) is 0 Å². The Bertz CT molecular complexity index is 743. The molecule has 0 aromatic carbocycles. The molecule has 0 aliphatic carbocycles. The lowest BCUT2D eigenvalue weighted by atomic mass is 9.96. The standard InChI is InChI=1S/C19H26N4OS/c1-13-12-15(14(2)22(13)3)18-17(16-8-5-6-9-20-16)21-19(25)23(18)10-7-11-24-4/h5-6,8-9,12,17-18H,7,10-11H2,1-4H3,(H,21,25)/t17-,18+/m1/s1. The molecule has 5 nitrogen and oxygen atoms in total. The number of nitrogens with one attached hydrogen (secondary N) is 1. The van der Waals surface area contributed by atoms with Crippen molar-refractivity contribution in [3.8, 4) is 0 Å². The molecule has 1 saturated heterocycles. The van der Waals surface area contributed by atoms with Crippen LogP contribution < -0.4 is 5.32 Å². The highest BCUT2D eigenvalue weighted by Gasteiger charge is 2.40. The Morgan fingerprint density at radius 1 is 1.32 bits per heavy atom. The van der Waals surface area contributed by atoms with Gasteiger partial charge in [0.15, 0.2) is 5.11 Å². The molecule has 0 spiro atoms. The zero-order valence-electron chi connectivity index (χ0n) is 15.3. The van der Waals surface area contributed by atoms with Crippen molar-refractivity contribution < 1.29 is 4.74 Å². The molecule has 0 amide bonds. The number of pyridine rings is 1. The van der Waals surface area contributed by atoms with Gasteiger partial charge in [-0.15, -0.1) is 0 Å². The maximum atomic E-state index is 5.67. The number of aromatic nitrogens is 2. The van der Waals surface area contributed by atoms with Gasteiger partial charge in [-0.25, -0.2) is 0 Å². The van der Waals surface area contributed by atoms with Crippen molar-refractivity contribution in [2.45, 2.75) is 32.4 Å². The minimum absolute atomic E-state index is 0.0525. The van der Waals surface area contributed by atoms with Crippen molar-refractivity contribution in [1.82, 2.24) is 19.8 Å². The van der Waals surface area contributed by atoms with Crippen LogP contribution in [0.25, 0.3) is 0 Å². The molecule has 2 atom stereocenters. The van der Waals surface area contributed by atoms with E-state index in [1.807, 2.05) is 18.3 Å². The van der Waals surface area contributed by atoms with Crippen molar-refractivity contribution in [3.63, 3.8) is 0 Å². The second kappa shape index (κ2) is 7.54. The third-order valence-corrected chi connectivity index (χ3v) is 5.43. The summed E-state index contributed by atoms with van der Waals surface area (Å²) in [6, 6.07) is 8.50. The number of rotatable bonds is 6. The maximum absolute atomic E-state index is 5.67. The fraction of sp³-hybridized carbons (Fsp3) is 0.474. The molecule has 2 aromatic rings. The smallest absolute Gasteiger partial charge is 0.170 e. The van der Waals surface area contributed by atoms with Gasteiger partial charge in [-0.1, -0.05) is 6.07 Å². The molecule has 0 radical (unpaired) electrons. The summed E-state index contributed by atoms with van der Waals surface area (Å²) in [5, 5.41) is 4.29. The van der Waals surface area contributed by atoms with Crippen molar-refractivity contribution in [3.05, 3.63) is 53.1 Å². The zero-order chi connectivity index (χ0) is 18.0. The molecule has 0 saturated carbocycles. The number of aryl methyl sites for hydroxylation is 1. The Labute approximate surface area is 155 Å². The third kappa shape index (κ3) is 3.41. The normalized spacial score (nSPS) is 20.2. The number of nitrogens with zero attached hydrogens (tertiary/aromatic N) is 3. The lowest BCUT2D eigenvalue weighted by molar-refractivity contribution is 0.180. The molecule has 134 valence electrons. The van der Waals surface area contributed by atoms with Gasteiger partial charge in [-0.2, -0.15) is 0 Å². The molecule has 3 heterocycles. The molecule has 25 heavy (non-hydrogen) atoms. The summed E-state index contributed by atoms with van der Waals surface area (Å²) in [5.74, 6) is 0. The van der Waals surface area contributed by atoms with Gasteiger partial charge in [0, 0.05) is 44.9 Å². The van der Waals surface area contributed by atoms with Crippen molar-refractivity contribution in [1.29, 1.82) is 0 Å². The molecular formula is C19H26N4OS. The maximum Gasteiger partial charge on any atom is 0.170 e. The van der Waals surface area contributed by atoms with Gasteiger partial charge in [-0.3, -0.25) is 4.98 Å². The Balaban J connectivity index is 2.00. The second-order valence-corrected chi connectivity index (χ2v) is 6.94. The number of hydrogen-bond acceptors (Lipinski definition) is 3. The first kappa shape index (κ1) is 17.9. The third-order valence-electron chi connectivity index (χ3n) is 5.08. The van der Waals surface area contributed by atoms with Gasteiger partial charge < -0.3 is 19.5 Å². The van der Waals surface area contributed by atoms with Gasteiger partial charge in [-0.05, 0) is 56.2 Å². The van der Waals surface area contributed by atoms with Crippen LogP contribution in [0.15, 0.2) is 30.5 Å². The molecule has 1 fully saturated rings. The van der Waals surface area contributed by atoms with Crippen LogP contribution in [0, 0.1) is 13.8 Å². The van der Waals surface area contributed by atoms with E-state index in [2.05, 4.69) is 52.8 Å². The molecule has 0 bridgehead atoms. The minimum Gasteiger partial charge on any atom is -0.385 e. The molecule has 1 N–H and O–H groups in total. The Morgan fingerprint density at radius 3 is 2.72 bits per heavy atom. The Kier molecular flexibility index (Phi) is 5.39. The molecule has 6 heteroatoms. The second-order valence-electron chi connectivity index (χ2n) is 6.55. The number of methoxy groups -OCH3 is 1. The van der Waals surface area contributed by atoms with E-state index in [1.165, 1.54) is 17.0 Å². The Hall–Kier alpha value is -1.92. The van der Waals surface area contributed by atoms with Crippen molar-refractivity contribution >= 4 is 17.3 Å². The summed E-state index contributed by atoms with van der Waals surface area (Å²) >= 11 is 5.67. The van der Waals surface area contributed by atoms with Crippen LogP contribution in [-0.4, -0.2) is 39.8 Å². The zero-order valence-corrected chi connectivity index (χ0v) is 16.1. The van der Waals surface area contributed by atoms with Crippen LogP contribution in [0.1, 0.15) is 41.1 Å². The van der Waals surface area contributed by atoms with Gasteiger partial charge in [0.25, 0.3) is 0 Å². The number of thiocarbonyl (C=S) groups is 1. The topological polar surface area (TPSA) is 42.3 Å². The first-order chi connectivity index (χ1) is 12.0. The minimum atomic E-state index is 0.0525. The van der Waals surface area contributed by atoms with Crippen LogP contribution >= 0.6 is 12.2 Å². The van der Waals surface area contributed by atoms with Crippen LogP contribution in [-0.2, 0) is 11.8 Å². The summed E-state index contributed by atoms with van der Waals surface area (Å²) < 4.78 is 7.47. The molecule has 0 unspecified atom stereocenters. The van der Waals surface area contributed by atoms with Gasteiger partial charge in [0.1, 0.15) is 0 Å². The van der Waals surface area contributed by atoms with E-state index in [1.54, 1.807) is 7.11 Å². The summed E-state index contributed by atoms with van der Waals surface area (Å²) in [5.41, 5.74) is 4.85.